The number of halogens is 2. The summed E-state index contributed by atoms with van der Waals surface area (Å²) in [7, 11) is 0. The molecule has 0 amide bonds. The van der Waals surface area contributed by atoms with Crippen LogP contribution in [-0.2, 0) is 47.6 Å². The molecule has 5 heterocycles. The van der Waals surface area contributed by atoms with Gasteiger partial charge in [0, 0.05) is 79.5 Å². The van der Waals surface area contributed by atoms with Gasteiger partial charge in [0.15, 0.2) is 0 Å². The molecule has 5 aliphatic rings. The van der Waals surface area contributed by atoms with Gasteiger partial charge in [0.2, 0.25) is 5.88 Å². The number of aromatic nitrogens is 1. The van der Waals surface area contributed by atoms with Gasteiger partial charge in [-0.05, 0) is 83.8 Å². The van der Waals surface area contributed by atoms with Crippen molar-refractivity contribution in [2.45, 2.75) is 88.4 Å². The van der Waals surface area contributed by atoms with Gasteiger partial charge in [-0.15, -0.1) is 0 Å². The van der Waals surface area contributed by atoms with E-state index >= 15 is 0 Å². The topological polar surface area (TPSA) is 50.3 Å². The first-order chi connectivity index (χ1) is 26.0. The molecule has 278 valence electrons. The van der Waals surface area contributed by atoms with Crippen molar-refractivity contribution in [1.29, 1.82) is 0 Å². The number of alkyl halides is 1. The molecule has 7 nitrogen and oxygen atoms in total. The molecule has 0 bridgehead atoms. The number of anilines is 2. The molecule has 1 aliphatic carbocycles. The summed E-state index contributed by atoms with van der Waals surface area (Å²) in [6.07, 6.45) is 6.48. The zero-order valence-corrected chi connectivity index (χ0v) is 32.2. The molecule has 3 saturated heterocycles. The first kappa shape index (κ1) is 35.2. The van der Waals surface area contributed by atoms with Crippen LogP contribution in [0.2, 0.25) is 0 Å². The molecule has 3 fully saturated rings. The highest BCUT2D eigenvalue weighted by molar-refractivity contribution is 9.10. The minimum atomic E-state index is -0.786. The maximum Gasteiger partial charge on any atom is 0.215 e. The van der Waals surface area contributed by atoms with Gasteiger partial charge in [0.1, 0.15) is 18.4 Å². The maximum atomic E-state index is 14.7. The van der Waals surface area contributed by atoms with E-state index in [0.717, 1.165) is 99.3 Å². The standard InChI is InChI=1S/C44H50BrFN4O3/c45-42-38(49(27-32-10-3-1-4-11-32)28-33-12-5-2-6-13-33)16-15-34-14-7-18-44(41(34)42)26-37-36(30-53-44)39(48-19-9-22-51-23-21-48)24-40(47-37)52-31-43-17-8-20-50(43)29-35(46)25-43/h1-6,10-13,15-16,24,35H,7-9,14,17-23,25-31H2/t35-,43+,44+/m1/s1. The average molecular weight is 782 g/mol. The van der Waals surface area contributed by atoms with Gasteiger partial charge in [-0.3, -0.25) is 4.90 Å². The number of benzene rings is 3. The molecule has 3 atom stereocenters. The van der Waals surface area contributed by atoms with Crippen molar-refractivity contribution in [2.75, 3.05) is 55.8 Å². The molecular formula is C44H50BrFN4O3. The minimum Gasteiger partial charge on any atom is -0.476 e. The summed E-state index contributed by atoms with van der Waals surface area (Å²) >= 11 is 4.21. The van der Waals surface area contributed by atoms with E-state index in [9.17, 15) is 4.39 Å². The molecule has 0 saturated carbocycles. The first-order valence-electron chi connectivity index (χ1n) is 19.6. The number of hydrogen-bond donors (Lipinski definition) is 0. The smallest absolute Gasteiger partial charge is 0.215 e. The SMILES string of the molecule is F[C@H]1CN2CCC[C@@]2(COc2cc(N3CCCOCC3)c3c(n2)C[C@]2(CCCc4ccc(N(Cc5ccccc5)Cc5ccccc5)c(Br)c42)OC3)C1. The van der Waals surface area contributed by atoms with E-state index in [-0.39, 0.29) is 5.54 Å². The molecule has 53 heavy (non-hydrogen) atoms. The van der Waals surface area contributed by atoms with E-state index in [2.05, 4.69) is 109 Å². The summed E-state index contributed by atoms with van der Waals surface area (Å²) in [5.41, 5.74) is 8.93. The van der Waals surface area contributed by atoms with Crippen LogP contribution in [0.1, 0.15) is 72.0 Å². The van der Waals surface area contributed by atoms with Crippen molar-refractivity contribution < 1.29 is 18.6 Å². The third kappa shape index (κ3) is 6.99. The number of hydrogen-bond acceptors (Lipinski definition) is 7. The first-order valence-corrected chi connectivity index (χ1v) is 20.4. The normalized spacial score (nSPS) is 25.5. The quantitative estimate of drug-likeness (QED) is 0.169. The van der Waals surface area contributed by atoms with E-state index in [0.29, 0.717) is 45.1 Å². The summed E-state index contributed by atoms with van der Waals surface area (Å²) in [5, 5.41) is 0. The number of fused-ring (bicyclic) bond motifs is 4. The lowest BCUT2D eigenvalue weighted by Gasteiger charge is -2.44. The molecule has 3 aromatic carbocycles. The lowest BCUT2D eigenvalue weighted by Crippen LogP contribution is -2.43. The number of nitrogens with zero attached hydrogens (tertiary/aromatic N) is 4. The molecule has 1 aromatic heterocycles. The largest absolute Gasteiger partial charge is 0.476 e. The monoisotopic (exact) mass is 780 g/mol. The molecule has 9 rings (SSSR count). The van der Waals surface area contributed by atoms with Crippen LogP contribution >= 0.6 is 15.9 Å². The van der Waals surface area contributed by atoms with Gasteiger partial charge in [-0.1, -0.05) is 66.7 Å². The van der Waals surface area contributed by atoms with Gasteiger partial charge in [0.25, 0.3) is 0 Å². The molecule has 1 spiro atoms. The highest BCUT2D eigenvalue weighted by Crippen LogP contribution is 2.51. The van der Waals surface area contributed by atoms with E-state index < -0.39 is 11.8 Å². The summed E-state index contributed by atoms with van der Waals surface area (Å²) in [4.78, 5) is 12.5. The fourth-order valence-electron chi connectivity index (χ4n) is 9.81. The highest BCUT2D eigenvalue weighted by atomic mass is 79.9. The average Bonchev–Trinajstić information content (AvgIpc) is 3.56. The molecular weight excluding hydrogens is 731 g/mol. The van der Waals surface area contributed by atoms with Gasteiger partial charge < -0.3 is 24.0 Å². The molecule has 4 aromatic rings. The van der Waals surface area contributed by atoms with Crippen LogP contribution in [0.25, 0.3) is 0 Å². The van der Waals surface area contributed by atoms with Crippen molar-refractivity contribution in [1.82, 2.24) is 9.88 Å². The summed E-state index contributed by atoms with van der Waals surface area (Å²) in [6.45, 7) is 7.21. The Morgan fingerprint density at radius 3 is 2.49 bits per heavy atom. The van der Waals surface area contributed by atoms with E-state index in [1.54, 1.807) is 0 Å². The molecule has 0 N–H and O–H groups in total. The van der Waals surface area contributed by atoms with E-state index in [1.807, 2.05) is 0 Å². The second-order valence-electron chi connectivity index (χ2n) is 15.8. The van der Waals surface area contributed by atoms with Crippen molar-refractivity contribution in [3.63, 3.8) is 0 Å². The van der Waals surface area contributed by atoms with Crippen LogP contribution in [0.3, 0.4) is 0 Å². The van der Waals surface area contributed by atoms with Crippen LogP contribution in [0.5, 0.6) is 5.88 Å². The third-order valence-electron chi connectivity index (χ3n) is 12.4. The highest BCUT2D eigenvalue weighted by Gasteiger charge is 2.50. The zero-order chi connectivity index (χ0) is 35.8. The Morgan fingerprint density at radius 2 is 1.70 bits per heavy atom. The van der Waals surface area contributed by atoms with Crippen LogP contribution in [0.15, 0.2) is 83.3 Å². The zero-order valence-electron chi connectivity index (χ0n) is 30.6. The Morgan fingerprint density at radius 1 is 0.906 bits per heavy atom. The second kappa shape index (κ2) is 15.0. The van der Waals surface area contributed by atoms with Gasteiger partial charge >= 0.3 is 0 Å². The van der Waals surface area contributed by atoms with Crippen molar-refractivity contribution in [3.8, 4) is 5.88 Å². The predicted octanol–water partition coefficient (Wildman–Crippen LogP) is 8.54. The molecule has 0 unspecified atom stereocenters. The Bertz CT molecular complexity index is 1870. The fourth-order valence-corrected chi connectivity index (χ4v) is 10.8. The van der Waals surface area contributed by atoms with Crippen LogP contribution < -0.4 is 14.5 Å². The fraction of sp³-hybridized carbons (Fsp3) is 0.477. The van der Waals surface area contributed by atoms with Crippen molar-refractivity contribution in [2.24, 2.45) is 0 Å². The van der Waals surface area contributed by atoms with Gasteiger partial charge in [-0.25, -0.2) is 9.37 Å². The molecule has 4 aliphatic heterocycles. The lowest BCUT2D eigenvalue weighted by molar-refractivity contribution is -0.0858. The number of pyridine rings is 1. The third-order valence-corrected chi connectivity index (χ3v) is 13.2. The van der Waals surface area contributed by atoms with E-state index in [1.165, 1.54) is 27.9 Å². The Kier molecular flexibility index (Phi) is 9.95. The summed E-state index contributed by atoms with van der Waals surface area (Å²) < 4.78 is 35.5. The maximum absolute atomic E-state index is 14.7. The van der Waals surface area contributed by atoms with E-state index in [4.69, 9.17) is 19.2 Å². The Balaban J connectivity index is 1.08. The van der Waals surface area contributed by atoms with Crippen molar-refractivity contribution >= 4 is 27.3 Å². The minimum absolute atomic E-state index is 0.229. The molecule has 9 heteroatoms. The predicted molar refractivity (Wildman–Crippen MR) is 210 cm³/mol. The number of aryl methyl sites for hydroxylation is 1. The molecule has 0 radical (unpaired) electrons. The van der Waals surface area contributed by atoms with Crippen molar-refractivity contribution in [3.05, 3.63) is 117 Å². The lowest BCUT2D eigenvalue weighted by atomic mass is 9.74. The Labute approximate surface area is 321 Å². The number of ether oxygens (including phenoxy) is 3. The van der Waals surface area contributed by atoms with Crippen LogP contribution in [-0.4, -0.2) is 67.6 Å². The summed E-state index contributed by atoms with van der Waals surface area (Å²) in [6, 6.07) is 28.2. The van der Waals surface area contributed by atoms with Crippen LogP contribution in [0, 0.1) is 0 Å². The summed E-state index contributed by atoms with van der Waals surface area (Å²) in [5.74, 6) is 0.644. The Hall–Kier alpha value is -3.50. The number of rotatable bonds is 9. The van der Waals surface area contributed by atoms with Crippen LogP contribution in [0.4, 0.5) is 15.8 Å². The van der Waals surface area contributed by atoms with Gasteiger partial charge in [-0.2, -0.15) is 0 Å². The second-order valence-corrected chi connectivity index (χ2v) is 16.6. The van der Waals surface area contributed by atoms with Gasteiger partial charge in [0.05, 0.1) is 30.1 Å².